The minimum absolute atomic E-state index is 0.0533. The van der Waals surface area contributed by atoms with E-state index in [9.17, 15) is 9.59 Å². The van der Waals surface area contributed by atoms with E-state index in [1.165, 1.54) is 14.2 Å². The molecule has 0 aromatic heterocycles. The summed E-state index contributed by atoms with van der Waals surface area (Å²) in [6.07, 6.45) is 0.679. The van der Waals surface area contributed by atoms with E-state index in [0.717, 1.165) is 5.75 Å². The zero-order valence-corrected chi connectivity index (χ0v) is 18.8. The molecule has 0 unspecified atom stereocenters. The number of ether oxygens (including phenoxy) is 4. The summed E-state index contributed by atoms with van der Waals surface area (Å²) in [5, 5.41) is 0. The van der Waals surface area contributed by atoms with E-state index in [1.807, 2.05) is 19.1 Å². The van der Waals surface area contributed by atoms with Crippen molar-refractivity contribution in [1.82, 2.24) is 9.80 Å². The van der Waals surface area contributed by atoms with E-state index in [0.29, 0.717) is 62.0 Å². The van der Waals surface area contributed by atoms with Crippen LogP contribution in [0.3, 0.4) is 0 Å². The van der Waals surface area contributed by atoms with E-state index < -0.39 is 0 Å². The molecule has 2 aromatic carbocycles. The topological polar surface area (TPSA) is 77.5 Å². The van der Waals surface area contributed by atoms with Crippen LogP contribution in [0, 0.1) is 0 Å². The van der Waals surface area contributed by atoms with Crippen molar-refractivity contribution in [3.63, 3.8) is 0 Å². The van der Waals surface area contributed by atoms with Crippen molar-refractivity contribution in [3.05, 3.63) is 48.0 Å². The molecule has 0 radical (unpaired) electrons. The molecule has 0 N–H and O–H groups in total. The number of amides is 2. The fourth-order valence-electron chi connectivity index (χ4n) is 3.63. The van der Waals surface area contributed by atoms with E-state index >= 15 is 0 Å². The second-order valence-corrected chi connectivity index (χ2v) is 7.26. The Hall–Kier alpha value is -3.42. The predicted molar refractivity (Wildman–Crippen MR) is 120 cm³/mol. The van der Waals surface area contributed by atoms with Gasteiger partial charge in [-0.2, -0.15) is 0 Å². The molecule has 1 saturated heterocycles. The Morgan fingerprint density at radius 2 is 1.38 bits per heavy atom. The van der Waals surface area contributed by atoms with Crippen molar-refractivity contribution < 1.29 is 28.5 Å². The normalized spacial score (nSPS) is 13.8. The Balaban J connectivity index is 1.58. The van der Waals surface area contributed by atoms with Crippen molar-refractivity contribution in [1.29, 1.82) is 0 Å². The third-order valence-electron chi connectivity index (χ3n) is 5.27. The van der Waals surface area contributed by atoms with Gasteiger partial charge in [0.05, 0.1) is 20.8 Å². The van der Waals surface area contributed by atoms with Crippen molar-refractivity contribution in [3.8, 4) is 23.0 Å². The minimum Gasteiger partial charge on any atom is -0.496 e. The van der Waals surface area contributed by atoms with Gasteiger partial charge in [-0.25, -0.2) is 0 Å². The summed E-state index contributed by atoms with van der Waals surface area (Å²) in [4.78, 5) is 29.3. The summed E-state index contributed by atoms with van der Waals surface area (Å²) >= 11 is 0. The average Bonchev–Trinajstić information content (AvgIpc) is 3.09. The van der Waals surface area contributed by atoms with Gasteiger partial charge in [-0.15, -0.1) is 0 Å². The van der Waals surface area contributed by atoms with Crippen LogP contribution in [0.25, 0.3) is 0 Å². The zero-order valence-electron chi connectivity index (χ0n) is 18.8. The molecule has 172 valence electrons. The number of nitrogens with zero attached hydrogens (tertiary/aromatic N) is 2. The lowest BCUT2D eigenvalue weighted by Crippen LogP contribution is -2.39. The van der Waals surface area contributed by atoms with E-state index in [-0.39, 0.29) is 18.4 Å². The van der Waals surface area contributed by atoms with E-state index in [4.69, 9.17) is 18.9 Å². The Bertz CT molecular complexity index is 893. The molecule has 0 aliphatic carbocycles. The van der Waals surface area contributed by atoms with Crippen molar-refractivity contribution in [2.75, 3.05) is 53.6 Å². The summed E-state index contributed by atoms with van der Waals surface area (Å²) in [7, 11) is 3.05. The minimum atomic E-state index is -0.167. The van der Waals surface area contributed by atoms with Crippen LogP contribution in [-0.4, -0.2) is 75.2 Å². The molecular formula is C24H30N2O6. The van der Waals surface area contributed by atoms with Crippen LogP contribution < -0.4 is 18.9 Å². The lowest BCUT2D eigenvalue weighted by molar-refractivity contribution is -0.133. The van der Waals surface area contributed by atoms with Crippen LogP contribution >= 0.6 is 0 Å². The maximum absolute atomic E-state index is 13.2. The van der Waals surface area contributed by atoms with Gasteiger partial charge in [-0.05, 0) is 49.7 Å². The second kappa shape index (κ2) is 11.3. The van der Waals surface area contributed by atoms with Gasteiger partial charge < -0.3 is 28.7 Å². The van der Waals surface area contributed by atoms with Crippen molar-refractivity contribution >= 4 is 11.8 Å². The van der Waals surface area contributed by atoms with Crippen molar-refractivity contribution in [2.24, 2.45) is 0 Å². The lowest BCUT2D eigenvalue weighted by Gasteiger charge is -2.23. The Morgan fingerprint density at radius 3 is 1.97 bits per heavy atom. The van der Waals surface area contributed by atoms with Crippen LogP contribution in [0.2, 0.25) is 0 Å². The summed E-state index contributed by atoms with van der Waals surface area (Å²) in [5.41, 5.74) is 0.399. The average molecular weight is 443 g/mol. The van der Waals surface area contributed by atoms with Crippen LogP contribution in [0.15, 0.2) is 42.5 Å². The van der Waals surface area contributed by atoms with E-state index in [1.54, 1.807) is 40.1 Å². The van der Waals surface area contributed by atoms with Gasteiger partial charge in [-0.1, -0.05) is 6.07 Å². The number of carbonyl (C=O) groups is 2. The van der Waals surface area contributed by atoms with E-state index in [2.05, 4.69) is 0 Å². The molecule has 1 fully saturated rings. The van der Waals surface area contributed by atoms with Crippen LogP contribution in [0.4, 0.5) is 0 Å². The number of hydrogen-bond acceptors (Lipinski definition) is 6. The van der Waals surface area contributed by atoms with Gasteiger partial charge in [0.25, 0.3) is 11.8 Å². The van der Waals surface area contributed by atoms with Gasteiger partial charge >= 0.3 is 0 Å². The highest BCUT2D eigenvalue weighted by Crippen LogP contribution is 2.30. The zero-order chi connectivity index (χ0) is 22.9. The van der Waals surface area contributed by atoms with Crippen LogP contribution in [-0.2, 0) is 4.79 Å². The standard InChI is InChI=1S/C24H30N2O6/c1-4-31-18-9-11-19(12-10-18)32-17-22(27)25-13-6-14-26(16-15-25)24(28)23-20(29-2)7-5-8-21(23)30-3/h5,7-12H,4,6,13-17H2,1-3H3. The fraction of sp³-hybridized carbons (Fsp3) is 0.417. The highest BCUT2D eigenvalue weighted by molar-refractivity contribution is 5.99. The van der Waals surface area contributed by atoms with Gasteiger partial charge in [0.2, 0.25) is 0 Å². The molecular weight excluding hydrogens is 412 g/mol. The lowest BCUT2D eigenvalue weighted by atomic mass is 10.1. The number of benzene rings is 2. The molecule has 0 bridgehead atoms. The highest BCUT2D eigenvalue weighted by atomic mass is 16.5. The quantitative estimate of drug-likeness (QED) is 0.626. The van der Waals surface area contributed by atoms with Crippen molar-refractivity contribution in [2.45, 2.75) is 13.3 Å². The number of methoxy groups -OCH3 is 2. The fourth-order valence-corrected chi connectivity index (χ4v) is 3.63. The first-order chi connectivity index (χ1) is 15.6. The molecule has 1 aliphatic rings. The Labute approximate surface area is 188 Å². The second-order valence-electron chi connectivity index (χ2n) is 7.26. The first-order valence-electron chi connectivity index (χ1n) is 10.7. The number of hydrogen-bond donors (Lipinski definition) is 0. The molecule has 8 heteroatoms. The maximum atomic E-state index is 13.2. The molecule has 1 aliphatic heterocycles. The van der Waals surface area contributed by atoms with Gasteiger partial charge in [-0.3, -0.25) is 9.59 Å². The molecule has 1 heterocycles. The predicted octanol–water partition coefficient (Wildman–Crippen LogP) is 2.86. The summed E-state index contributed by atoms with van der Waals surface area (Å²) in [6, 6.07) is 12.4. The van der Waals surface area contributed by atoms with Gasteiger partial charge in [0, 0.05) is 26.2 Å². The first kappa shape index (κ1) is 23.2. The number of carbonyl (C=O) groups excluding carboxylic acids is 2. The summed E-state index contributed by atoms with van der Waals surface area (Å²) in [5.74, 6) is 2.03. The Kier molecular flexibility index (Phi) is 8.19. The molecule has 3 rings (SSSR count). The molecule has 0 spiro atoms. The largest absolute Gasteiger partial charge is 0.496 e. The summed E-state index contributed by atoms with van der Waals surface area (Å²) < 4.78 is 21.8. The molecule has 2 amide bonds. The van der Waals surface area contributed by atoms with Crippen LogP contribution in [0.1, 0.15) is 23.7 Å². The third kappa shape index (κ3) is 5.63. The molecule has 8 nitrogen and oxygen atoms in total. The molecule has 32 heavy (non-hydrogen) atoms. The number of rotatable bonds is 8. The highest BCUT2D eigenvalue weighted by Gasteiger charge is 2.27. The first-order valence-corrected chi connectivity index (χ1v) is 10.7. The Morgan fingerprint density at radius 1 is 0.812 bits per heavy atom. The van der Waals surface area contributed by atoms with Crippen LogP contribution in [0.5, 0.6) is 23.0 Å². The third-order valence-corrected chi connectivity index (χ3v) is 5.27. The molecule has 0 atom stereocenters. The summed E-state index contributed by atoms with van der Waals surface area (Å²) in [6.45, 7) is 4.44. The smallest absolute Gasteiger partial charge is 0.261 e. The molecule has 0 saturated carbocycles. The monoisotopic (exact) mass is 442 g/mol. The molecule has 2 aromatic rings. The van der Waals surface area contributed by atoms with Gasteiger partial charge in [0.1, 0.15) is 28.6 Å². The maximum Gasteiger partial charge on any atom is 0.261 e. The SMILES string of the molecule is CCOc1ccc(OCC(=O)N2CCCN(C(=O)c3c(OC)cccc3OC)CC2)cc1. The van der Waals surface area contributed by atoms with Gasteiger partial charge in [0.15, 0.2) is 6.61 Å².